The fourth-order valence-electron chi connectivity index (χ4n) is 14.6. The van der Waals surface area contributed by atoms with Crippen molar-refractivity contribution in [1.29, 1.82) is 0 Å². The Labute approximate surface area is 775 Å². The number of benzene rings is 19. The second-order valence-electron chi connectivity index (χ2n) is 31.0. The minimum Gasteiger partial charge on any atom is -0.265 e. The van der Waals surface area contributed by atoms with E-state index in [-0.39, 0.29) is 0 Å². The van der Waals surface area contributed by atoms with Crippen molar-refractivity contribution in [3.05, 3.63) is 574 Å². The predicted molar refractivity (Wildman–Crippen MR) is 566 cm³/mol. The largest absolute Gasteiger partial charge is 0.265 e. The summed E-state index contributed by atoms with van der Waals surface area (Å²) in [6.07, 6.45) is 3.50. The molecule has 0 spiro atoms. The summed E-state index contributed by atoms with van der Waals surface area (Å²) in [6.45, 7) is 20.8. The summed E-state index contributed by atoms with van der Waals surface area (Å²) in [7, 11) is 0. The Morgan fingerprint density at radius 1 is 0.115 bits per heavy atom. The van der Waals surface area contributed by atoms with Crippen LogP contribution < -0.4 is 0 Å². The lowest BCUT2D eigenvalue weighted by atomic mass is 9.96. The first kappa shape index (κ1) is 95.0. The van der Waals surface area contributed by atoms with Gasteiger partial charge in [0.05, 0.1) is 0 Å². The van der Waals surface area contributed by atoms with Crippen molar-refractivity contribution in [1.82, 2.24) is 4.98 Å². The number of aromatic nitrogens is 1. The normalized spacial score (nSPS) is 9.92. The Hall–Kier alpha value is -15.7. The maximum absolute atomic E-state index is 3.78. The standard InChI is InChI=1S/6C19H16.C6H6.C5H5N.2C2H6/c1-15-7-5-10-17(13-15)19-12-6-11-18(14-19)16-8-3-2-4-9-16;1-15-8-5-6-13-19(15)18-12-7-11-17(14-18)16-9-3-2-4-10-16;1-15-7-5-6-10-19(15)18-13-11-17(12-14-18)16-8-3-2-4-9-16;1-15-6-5-9-19(14-15)18-12-10-17(11-13-18)16-7-3-2-4-8-16;1-15-10-12-17(13-11-15)19-9-5-8-18(14-19)16-6-3-2-4-7-16;1-15-7-9-17(10-8-15)19-13-11-18(12-14-19)16-5-3-2-4-6-16;2*1-2-4-6-5-3-1;2*1-2/h6*2-14H,1H3;1-6H;1-5H;2*1-2H3. The maximum atomic E-state index is 3.78. The predicted octanol–water partition coefficient (Wildman–Crippen LogP) is 36.8. The highest BCUT2D eigenvalue weighted by Gasteiger charge is 2.09. The van der Waals surface area contributed by atoms with Gasteiger partial charge in [0.15, 0.2) is 0 Å². The average molecular weight is 1680 g/mol. The third-order valence-electron chi connectivity index (χ3n) is 21.5. The van der Waals surface area contributed by atoms with Crippen molar-refractivity contribution in [2.24, 2.45) is 0 Å². The summed E-state index contributed by atoms with van der Waals surface area (Å²) >= 11 is 0. The summed E-state index contributed by atoms with van der Waals surface area (Å²) in [6, 6.07) is 185. The van der Waals surface area contributed by atoms with Gasteiger partial charge in [0, 0.05) is 12.4 Å². The van der Waals surface area contributed by atoms with Crippen LogP contribution in [0.15, 0.2) is 540 Å². The van der Waals surface area contributed by atoms with Crippen molar-refractivity contribution >= 4 is 0 Å². The van der Waals surface area contributed by atoms with Gasteiger partial charge in [-0.25, -0.2) is 0 Å². The van der Waals surface area contributed by atoms with Crippen LogP contribution in [0, 0.1) is 41.5 Å². The summed E-state index contributed by atoms with van der Waals surface area (Å²) in [5.74, 6) is 0. The molecule has 1 nitrogen and oxygen atoms in total. The van der Waals surface area contributed by atoms with Gasteiger partial charge in [0.25, 0.3) is 0 Å². The Morgan fingerprint density at radius 3 is 0.546 bits per heavy atom. The third kappa shape index (κ3) is 30.3. The topological polar surface area (TPSA) is 12.9 Å². The van der Waals surface area contributed by atoms with E-state index in [0.717, 1.165) is 0 Å². The fraction of sp³-hybridized carbons (Fsp3) is 0.0775. The Balaban J connectivity index is 0.000000146. The molecule has 0 bridgehead atoms. The van der Waals surface area contributed by atoms with E-state index in [1.807, 2.05) is 113 Å². The molecule has 0 saturated heterocycles. The van der Waals surface area contributed by atoms with E-state index in [1.54, 1.807) is 12.4 Å². The van der Waals surface area contributed by atoms with Crippen LogP contribution in [0.2, 0.25) is 0 Å². The van der Waals surface area contributed by atoms with Crippen LogP contribution in [0.4, 0.5) is 0 Å². The van der Waals surface area contributed by atoms with Crippen LogP contribution in [-0.2, 0) is 0 Å². The molecule has 0 aliphatic carbocycles. The van der Waals surface area contributed by atoms with Crippen molar-refractivity contribution in [3.8, 4) is 134 Å². The molecule has 1 heterocycles. The molecule has 0 saturated carbocycles. The summed E-state index contributed by atoms with van der Waals surface area (Å²) < 4.78 is 0. The highest BCUT2D eigenvalue weighted by atomic mass is 14.6. The lowest BCUT2D eigenvalue weighted by Gasteiger charge is -2.08. The molecule has 0 N–H and O–H groups in total. The first-order valence-electron chi connectivity index (χ1n) is 45.2. The highest BCUT2D eigenvalue weighted by molar-refractivity contribution is 5.79. The average Bonchev–Trinajstić information content (AvgIpc) is 0.900. The van der Waals surface area contributed by atoms with E-state index in [0.29, 0.717) is 0 Å². The molecule has 0 radical (unpaired) electrons. The van der Waals surface area contributed by atoms with Crippen LogP contribution in [0.1, 0.15) is 61.1 Å². The summed E-state index contributed by atoms with van der Waals surface area (Å²) in [5, 5.41) is 0. The number of hydrogen-bond donors (Lipinski definition) is 0. The Kier molecular flexibility index (Phi) is 38.7. The zero-order chi connectivity index (χ0) is 91.0. The minimum atomic E-state index is 1.26. The molecule has 20 rings (SSSR count). The zero-order valence-corrected chi connectivity index (χ0v) is 76.8. The molecule has 1 heteroatoms. The molecule has 0 amide bonds. The first-order valence-corrected chi connectivity index (χ1v) is 45.2. The van der Waals surface area contributed by atoms with Gasteiger partial charge in [0.2, 0.25) is 0 Å². The monoisotopic (exact) mass is 1680 g/mol. The molecule has 640 valence electrons. The second-order valence-corrected chi connectivity index (χ2v) is 31.0. The molecule has 20 aromatic rings. The van der Waals surface area contributed by atoms with E-state index in [1.165, 1.54) is 167 Å². The van der Waals surface area contributed by atoms with E-state index in [4.69, 9.17) is 0 Å². The third-order valence-corrected chi connectivity index (χ3v) is 21.5. The number of pyridine rings is 1. The van der Waals surface area contributed by atoms with Crippen LogP contribution in [0.3, 0.4) is 0 Å². The van der Waals surface area contributed by atoms with Crippen LogP contribution >= 0.6 is 0 Å². The zero-order valence-electron chi connectivity index (χ0n) is 76.8. The lowest BCUT2D eigenvalue weighted by Crippen LogP contribution is -1.84. The molecule has 0 atom stereocenters. The molecule has 1 aromatic heterocycles. The molecular weight excluding hydrogens is 1560 g/mol. The lowest BCUT2D eigenvalue weighted by molar-refractivity contribution is 1.33. The van der Waals surface area contributed by atoms with Crippen LogP contribution in [0.25, 0.3) is 134 Å². The Morgan fingerprint density at radius 2 is 0.285 bits per heavy atom. The molecule has 0 aliphatic heterocycles. The first-order chi connectivity index (χ1) is 64.0. The number of hydrogen-bond acceptors (Lipinski definition) is 1. The molecule has 0 fully saturated rings. The molecule has 130 heavy (non-hydrogen) atoms. The molecular formula is C129H119N. The van der Waals surface area contributed by atoms with Crippen molar-refractivity contribution < 1.29 is 0 Å². The fourth-order valence-corrected chi connectivity index (χ4v) is 14.6. The van der Waals surface area contributed by atoms with Gasteiger partial charge in [-0.15, -0.1) is 0 Å². The molecule has 0 unspecified atom stereocenters. The quantitative estimate of drug-likeness (QED) is 0.119. The van der Waals surface area contributed by atoms with Crippen molar-refractivity contribution in [2.75, 3.05) is 0 Å². The number of rotatable bonds is 12. The minimum absolute atomic E-state index is 1.26. The summed E-state index contributed by atoms with van der Waals surface area (Å²) in [5.41, 5.74) is 38.3. The Bertz CT molecular complexity index is 6430. The van der Waals surface area contributed by atoms with Crippen molar-refractivity contribution in [2.45, 2.75) is 69.2 Å². The number of aryl methyl sites for hydroxylation is 6. The summed E-state index contributed by atoms with van der Waals surface area (Å²) in [4.78, 5) is 3.78. The van der Waals surface area contributed by atoms with Crippen molar-refractivity contribution in [3.63, 3.8) is 0 Å². The SMILES string of the molecule is CC.CC.Cc1ccc(-c2ccc(-c3ccccc3)cc2)cc1.Cc1ccc(-c2cccc(-c3ccccc3)c2)cc1.Cc1cccc(-c2ccc(-c3ccccc3)cc2)c1.Cc1cccc(-c2cccc(-c3ccccc3)c2)c1.Cc1ccccc1-c1ccc(-c2ccccc2)cc1.Cc1ccccc1-c1cccc(-c2ccccc2)c1.c1ccccc1.c1ccncc1. The van der Waals surface area contributed by atoms with Gasteiger partial charge in [0.1, 0.15) is 0 Å². The van der Waals surface area contributed by atoms with Crippen LogP contribution in [0.5, 0.6) is 0 Å². The van der Waals surface area contributed by atoms with E-state index in [9.17, 15) is 0 Å². The van der Waals surface area contributed by atoms with Gasteiger partial charge in [-0.2, -0.15) is 0 Å². The van der Waals surface area contributed by atoms with Gasteiger partial charge < -0.3 is 0 Å². The van der Waals surface area contributed by atoms with E-state index in [2.05, 4.69) is 489 Å². The van der Waals surface area contributed by atoms with Gasteiger partial charge >= 0.3 is 0 Å². The van der Waals surface area contributed by atoms with Gasteiger partial charge in [-0.05, 0) is 217 Å². The maximum Gasteiger partial charge on any atom is 0.0267 e. The molecule has 0 aliphatic rings. The highest BCUT2D eigenvalue weighted by Crippen LogP contribution is 2.34. The smallest absolute Gasteiger partial charge is 0.0267 e. The second kappa shape index (κ2) is 53.0. The van der Waals surface area contributed by atoms with Crippen LogP contribution in [-0.4, -0.2) is 4.98 Å². The van der Waals surface area contributed by atoms with Gasteiger partial charge in [-0.3, -0.25) is 4.98 Å². The van der Waals surface area contributed by atoms with E-state index < -0.39 is 0 Å². The molecule has 19 aromatic carbocycles. The van der Waals surface area contributed by atoms with Gasteiger partial charge in [-0.1, -0.05) is 547 Å². The van der Waals surface area contributed by atoms with E-state index >= 15 is 0 Å². The number of nitrogens with zero attached hydrogens (tertiary/aromatic N) is 1.